The zero-order valence-corrected chi connectivity index (χ0v) is 15.2. The highest BCUT2D eigenvalue weighted by molar-refractivity contribution is 5.78. The van der Waals surface area contributed by atoms with Crippen LogP contribution in [0.3, 0.4) is 0 Å². The van der Waals surface area contributed by atoms with Crippen molar-refractivity contribution in [3.8, 4) is 0 Å². The predicted molar refractivity (Wildman–Crippen MR) is 94.2 cm³/mol. The van der Waals surface area contributed by atoms with Gasteiger partial charge in [0, 0.05) is 45.8 Å². The molecule has 0 radical (unpaired) electrons. The summed E-state index contributed by atoms with van der Waals surface area (Å²) in [5.74, 6) is -1.62. The fourth-order valence-electron chi connectivity index (χ4n) is 1.73. The van der Waals surface area contributed by atoms with E-state index in [0.29, 0.717) is 0 Å². The first-order valence-electron chi connectivity index (χ1n) is 7.67. The van der Waals surface area contributed by atoms with Crippen LogP contribution in [0.5, 0.6) is 0 Å². The minimum atomic E-state index is -1.37. The van der Waals surface area contributed by atoms with Crippen molar-refractivity contribution in [2.24, 2.45) is 31.3 Å². The summed E-state index contributed by atoms with van der Waals surface area (Å²) in [6, 6.07) is 0. The summed E-state index contributed by atoms with van der Waals surface area (Å²) in [4.78, 5) is 34.5. The first-order valence-corrected chi connectivity index (χ1v) is 7.67. The Kier molecular flexibility index (Phi) is 10.8. The van der Waals surface area contributed by atoms with E-state index in [4.69, 9.17) is 31.6 Å². The largest absolute Gasteiger partial charge is 0.462 e. The number of nitrogens with zero attached hydrogens (tertiary/aromatic N) is 12. The Morgan fingerprint density at radius 1 is 0.679 bits per heavy atom. The molecule has 0 aliphatic carbocycles. The zero-order chi connectivity index (χ0) is 21.5. The number of hydrogen-bond donors (Lipinski definition) is 0. The van der Waals surface area contributed by atoms with E-state index in [1.54, 1.807) is 0 Å². The minimum absolute atomic E-state index is 0.294. The molecule has 0 saturated heterocycles. The van der Waals surface area contributed by atoms with Crippen LogP contribution in [-0.2, 0) is 19.1 Å². The van der Waals surface area contributed by atoms with Crippen LogP contribution < -0.4 is 0 Å². The third kappa shape index (κ3) is 8.04. The van der Waals surface area contributed by atoms with Gasteiger partial charge in [-0.25, -0.2) is 0 Å². The second kappa shape index (κ2) is 12.5. The predicted octanol–water partition coefficient (Wildman–Crippen LogP) is 3.33. The van der Waals surface area contributed by atoms with Gasteiger partial charge in [-0.3, -0.25) is 9.59 Å². The highest BCUT2D eigenvalue weighted by Crippen LogP contribution is 2.22. The maximum Gasteiger partial charge on any atom is 0.312 e. The summed E-state index contributed by atoms with van der Waals surface area (Å²) in [5, 5.41) is 13.2. The van der Waals surface area contributed by atoms with Crippen LogP contribution in [0.1, 0.15) is 13.8 Å². The maximum absolute atomic E-state index is 12.2. The van der Waals surface area contributed by atoms with Crippen molar-refractivity contribution in [3.05, 3.63) is 41.8 Å². The number of hydrogen-bond acceptors (Lipinski definition) is 8. The molecule has 16 nitrogen and oxygen atoms in total. The highest BCUT2D eigenvalue weighted by atomic mass is 16.6. The molecule has 0 amide bonds. The topological polar surface area (TPSA) is 248 Å². The molecular formula is C12H18N12O4. The molecule has 0 atom stereocenters. The number of azide groups is 4. The van der Waals surface area contributed by atoms with E-state index < -0.39 is 22.8 Å². The van der Waals surface area contributed by atoms with Gasteiger partial charge in [-0.1, -0.05) is 20.5 Å². The fourth-order valence-corrected chi connectivity index (χ4v) is 1.73. The highest BCUT2D eigenvalue weighted by Gasteiger charge is 2.35. The van der Waals surface area contributed by atoms with Gasteiger partial charge in [0.1, 0.15) is 13.2 Å². The standard InChI is InChI=1S/C12H18N12O4/c1-11(5-17-21-13,6-18-22-14)9(25)27-3-4-28-10(26)12(2,7-19-23-15)8-20-24-16/h3-8H2,1-2H3. The number of esters is 2. The lowest BCUT2D eigenvalue weighted by atomic mass is 9.91. The molecule has 0 aromatic heterocycles. The van der Waals surface area contributed by atoms with Crippen molar-refractivity contribution < 1.29 is 19.1 Å². The Balaban J connectivity index is 4.82. The van der Waals surface area contributed by atoms with Gasteiger partial charge < -0.3 is 9.47 Å². The monoisotopic (exact) mass is 394 g/mol. The van der Waals surface area contributed by atoms with Gasteiger partial charge >= 0.3 is 11.9 Å². The van der Waals surface area contributed by atoms with E-state index >= 15 is 0 Å². The van der Waals surface area contributed by atoms with Gasteiger partial charge in [0.25, 0.3) is 0 Å². The molecule has 0 aliphatic heterocycles. The summed E-state index contributed by atoms with van der Waals surface area (Å²) in [6.07, 6.45) is 0. The lowest BCUT2D eigenvalue weighted by Gasteiger charge is -2.25. The fraction of sp³-hybridized carbons (Fsp3) is 0.833. The van der Waals surface area contributed by atoms with E-state index in [9.17, 15) is 9.59 Å². The minimum Gasteiger partial charge on any atom is -0.462 e. The smallest absolute Gasteiger partial charge is 0.312 e. The van der Waals surface area contributed by atoms with Crippen molar-refractivity contribution in [2.45, 2.75) is 13.8 Å². The maximum atomic E-state index is 12.2. The molecule has 0 saturated carbocycles. The summed E-state index contributed by atoms with van der Waals surface area (Å²) >= 11 is 0. The SMILES string of the molecule is CC(CN=[N+]=[N-])(CN=[N+]=[N-])C(=O)OCCOC(=O)C(C)(CN=[N+]=[N-])CN=[N+]=[N-]. The van der Waals surface area contributed by atoms with E-state index in [1.807, 2.05) is 0 Å². The molecule has 0 N–H and O–H groups in total. The quantitative estimate of drug-likeness (QED) is 0.150. The Morgan fingerprint density at radius 2 is 0.929 bits per heavy atom. The van der Waals surface area contributed by atoms with Crippen LogP contribution in [0.2, 0.25) is 0 Å². The van der Waals surface area contributed by atoms with Crippen LogP contribution in [0.15, 0.2) is 20.5 Å². The van der Waals surface area contributed by atoms with Crippen LogP contribution in [-0.4, -0.2) is 51.3 Å². The van der Waals surface area contributed by atoms with Gasteiger partial charge in [-0.05, 0) is 36.0 Å². The lowest BCUT2D eigenvalue weighted by molar-refractivity contribution is -0.162. The molecular weight excluding hydrogens is 376 g/mol. The number of carbonyl (C=O) groups is 2. The summed E-state index contributed by atoms with van der Waals surface area (Å²) in [7, 11) is 0. The van der Waals surface area contributed by atoms with Crippen molar-refractivity contribution in [1.82, 2.24) is 0 Å². The summed E-state index contributed by atoms with van der Waals surface area (Å²) in [6.45, 7) is 0.949. The van der Waals surface area contributed by atoms with Crippen LogP contribution in [0, 0.1) is 10.8 Å². The van der Waals surface area contributed by atoms with Crippen molar-refractivity contribution in [2.75, 3.05) is 39.4 Å². The number of ether oxygens (including phenoxy) is 2. The summed E-state index contributed by atoms with van der Waals surface area (Å²) < 4.78 is 9.96. The second-order valence-electron chi connectivity index (χ2n) is 5.95. The average molecular weight is 394 g/mol. The number of rotatable bonds is 13. The molecule has 0 fully saturated rings. The normalized spacial score (nSPS) is 13.6. The Labute approximate surface area is 158 Å². The Morgan fingerprint density at radius 3 is 1.14 bits per heavy atom. The molecule has 0 aromatic rings. The second-order valence-corrected chi connectivity index (χ2v) is 5.95. The van der Waals surface area contributed by atoms with Crippen LogP contribution in [0.25, 0.3) is 41.8 Å². The third-order valence-corrected chi connectivity index (χ3v) is 3.47. The zero-order valence-electron chi connectivity index (χ0n) is 15.2. The average Bonchev–Trinajstić information content (AvgIpc) is 2.70. The van der Waals surface area contributed by atoms with Crippen LogP contribution >= 0.6 is 0 Å². The molecule has 0 heterocycles. The molecule has 150 valence electrons. The van der Waals surface area contributed by atoms with Gasteiger partial charge in [0.2, 0.25) is 0 Å². The number of carbonyl (C=O) groups excluding carboxylic acids is 2. The first kappa shape index (κ1) is 24.2. The molecule has 0 unspecified atom stereocenters. The molecule has 0 aromatic carbocycles. The van der Waals surface area contributed by atoms with Crippen molar-refractivity contribution in [1.29, 1.82) is 0 Å². The molecule has 28 heavy (non-hydrogen) atoms. The van der Waals surface area contributed by atoms with Crippen LogP contribution in [0.4, 0.5) is 0 Å². The van der Waals surface area contributed by atoms with Crippen molar-refractivity contribution in [3.63, 3.8) is 0 Å². The van der Waals surface area contributed by atoms with E-state index in [0.717, 1.165) is 0 Å². The third-order valence-electron chi connectivity index (χ3n) is 3.47. The molecule has 0 aliphatic rings. The lowest BCUT2D eigenvalue weighted by Crippen LogP contribution is -2.38. The van der Waals surface area contributed by atoms with E-state index in [1.165, 1.54) is 13.8 Å². The van der Waals surface area contributed by atoms with Gasteiger partial charge in [-0.2, -0.15) is 0 Å². The van der Waals surface area contributed by atoms with E-state index in [-0.39, 0.29) is 39.4 Å². The molecule has 0 bridgehead atoms. The molecule has 16 heteroatoms. The molecule has 0 spiro atoms. The van der Waals surface area contributed by atoms with Crippen molar-refractivity contribution >= 4 is 11.9 Å². The Hall–Kier alpha value is -3.82. The van der Waals surface area contributed by atoms with E-state index in [2.05, 4.69) is 40.1 Å². The van der Waals surface area contributed by atoms with Gasteiger partial charge in [0.15, 0.2) is 0 Å². The molecule has 0 rings (SSSR count). The van der Waals surface area contributed by atoms with Gasteiger partial charge in [0.05, 0.1) is 10.8 Å². The van der Waals surface area contributed by atoms with Gasteiger partial charge in [-0.15, -0.1) is 0 Å². The summed E-state index contributed by atoms with van der Waals surface area (Å²) in [5.41, 5.74) is 30.8. The first-order chi connectivity index (χ1) is 13.3. The Bertz CT molecular complexity index is 653.